The minimum atomic E-state index is 0.919. The maximum Gasteiger partial charge on any atom is 0.0396 e. The molecule has 0 N–H and O–H groups in total. The van der Waals surface area contributed by atoms with Gasteiger partial charge in [-0.25, -0.2) is 0 Å². The van der Waals surface area contributed by atoms with Crippen LogP contribution in [0.1, 0.15) is 56.1 Å². The molecular formula is C23H37N3. The Labute approximate surface area is 160 Å². The van der Waals surface area contributed by atoms with Gasteiger partial charge in [-0.15, -0.1) is 0 Å². The second-order valence-corrected chi connectivity index (χ2v) is 8.90. The van der Waals surface area contributed by atoms with Gasteiger partial charge in [-0.05, 0) is 94.7 Å². The van der Waals surface area contributed by atoms with Crippen LogP contribution < -0.4 is 4.90 Å². The molecule has 1 aromatic carbocycles. The van der Waals surface area contributed by atoms with E-state index in [1.54, 1.807) is 0 Å². The minimum absolute atomic E-state index is 0.919. The van der Waals surface area contributed by atoms with Crippen molar-refractivity contribution in [2.45, 2.75) is 58.4 Å². The van der Waals surface area contributed by atoms with E-state index in [9.17, 15) is 0 Å². The molecular weight excluding hydrogens is 318 g/mol. The topological polar surface area (TPSA) is 9.72 Å². The Morgan fingerprint density at radius 2 is 1.46 bits per heavy atom. The molecule has 0 radical (unpaired) electrons. The van der Waals surface area contributed by atoms with Gasteiger partial charge in [-0.2, -0.15) is 0 Å². The van der Waals surface area contributed by atoms with Gasteiger partial charge in [0.1, 0.15) is 0 Å². The van der Waals surface area contributed by atoms with Crippen molar-refractivity contribution in [2.75, 3.05) is 50.7 Å². The predicted molar refractivity (Wildman–Crippen MR) is 111 cm³/mol. The highest BCUT2D eigenvalue weighted by Gasteiger charge is 2.23. The quantitative estimate of drug-likeness (QED) is 0.780. The van der Waals surface area contributed by atoms with Gasteiger partial charge >= 0.3 is 0 Å². The maximum atomic E-state index is 2.70. The van der Waals surface area contributed by atoms with Crippen LogP contribution in [0.15, 0.2) is 18.2 Å². The molecule has 0 aromatic heterocycles. The van der Waals surface area contributed by atoms with E-state index in [4.69, 9.17) is 0 Å². The SMILES string of the molecule is Cc1cc(CN2CCCCC2)ccc1N1CCC(CN2CCCC2)CC1. The van der Waals surface area contributed by atoms with Crippen molar-refractivity contribution in [1.29, 1.82) is 0 Å². The maximum absolute atomic E-state index is 2.70. The monoisotopic (exact) mass is 355 g/mol. The average molecular weight is 356 g/mol. The van der Waals surface area contributed by atoms with E-state index in [-0.39, 0.29) is 0 Å². The fourth-order valence-corrected chi connectivity index (χ4v) is 5.23. The zero-order valence-electron chi connectivity index (χ0n) is 16.8. The highest BCUT2D eigenvalue weighted by Crippen LogP contribution is 2.28. The van der Waals surface area contributed by atoms with Crippen LogP contribution >= 0.6 is 0 Å². The molecule has 0 saturated carbocycles. The second kappa shape index (κ2) is 8.75. The highest BCUT2D eigenvalue weighted by molar-refractivity contribution is 5.54. The molecule has 144 valence electrons. The molecule has 3 nitrogen and oxygen atoms in total. The Kier molecular flexibility index (Phi) is 6.16. The number of hydrogen-bond donors (Lipinski definition) is 0. The summed E-state index contributed by atoms with van der Waals surface area (Å²) in [5, 5.41) is 0. The number of piperidine rings is 2. The minimum Gasteiger partial charge on any atom is -0.371 e. The summed E-state index contributed by atoms with van der Waals surface area (Å²) >= 11 is 0. The summed E-state index contributed by atoms with van der Waals surface area (Å²) in [6.07, 6.45) is 9.75. The Balaban J connectivity index is 1.30. The summed E-state index contributed by atoms with van der Waals surface area (Å²) in [6, 6.07) is 7.23. The van der Waals surface area contributed by atoms with Gasteiger partial charge in [0.05, 0.1) is 0 Å². The summed E-state index contributed by atoms with van der Waals surface area (Å²) in [5.74, 6) is 0.919. The number of rotatable bonds is 5. The summed E-state index contributed by atoms with van der Waals surface area (Å²) in [5.41, 5.74) is 4.45. The fraction of sp³-hybridized carbons (Fsp3) is 0.739. The zero-order valence-corrected chi connectivity index (χ0v) is 16.8. The van der Waals surface area contributed by atoms with Gasteiger partial charge in [0, 0.05) is 31.9 Å². The first-order valence-electron chi connectivity index (χ1n) is 11.1. The molecule has 0 unspecified atom stereocenters. The molecule has 1 aromatic rings. The van der Waals surface area contributed by atoms with Crippen LogP contribution in [0.25, 0.3) is 0 Å². The molecule has 0 spiro atoms. The third-order valence-corrected chi connectivity index (χ3v) is 6.79. The van der Waals surface area contributed by atoms with Crippen molar-refractivity contribution in [2.24, 2.45) is 5.92 Å². The molecule has 3 heterocycles. The molecule has 3 aliphatic rings. The largest absolute Gasteiger partial charge is 0.371 e. The van der Waals surface area contributed by atoms with Crippen LogP contribution in [-0.2, 0) is 6.54 Å². The normalized spacial score (nSPS) is 23.7. The lowest BCUT2D eigenvalue weighted by atomic mass is 9.95. The zero-order chi connectivity index (χ0) is 17.8. The predicted octanol–water partition coefficient (Wildman–Crippen LogP) is 4.29. The Morgan fingerprint density at radius 1 is 0.808 bits per heavy atom. The lowest BCUT2D eigenvalue weighted by Crippen LogP contribution is -2.38. The van der Waals surface area contributed by atoms with Gasteiger partial charge in [0.15, 0.2) is 0 Å². The van der Waals surface area contributed by atoms with Crippen LogP contribution in [0.3, 0.4) is 0 Å². The third kappa shape index (κ3) is 4.61. The first-order chi connectivity index (χ1) is 12.8. The first-order valence-corrected chi connectivity index (χ1v) is 11.1. The molecule has 0 atom stereocenters. The van der Waals surface area contributed by atoms with Crippen LogP contribution in [0.4, 0.5) is 5.69 Å². The van der Waals surface area contributed by atoms with Gasteiger partial charge in [-0.3, -0.25) is 4.90 Å². The van der Waals surface area contributed by atoms with E-state index >= 15 is 0 Å². The highest BCUT2D eigenvalue weighted by atomic mass is 15.2. The van der Waals surface area contributed by atoms with Crippen LogP contribution in [0.5, 0.6) is 0 Å². The van der Waals surface area contributed by atoms with Gasteiger partial charge in [0.25, 0.3) is 0 Å². The Morgan fingerprint density at radius 3 is 2.15 bits per heavy atom. The average Bonchev–Trinajstić information content (AvgIpc) is 3.17. The molecule has 0 amide bonds. The number of hydrogen-bond acceptors (Lipinski definition) is 3. The fourth-order valence-electron chi connectivity index (χ4n) is 5.23. The lowest BCUT2D eigenvalue weighted by Gasteiger charge is -2.36. The summed E-state index contributed by atoms with van der Waals surface area (Å²) in [4.78, 5) is 7.96. The molecule has 3 aliphatic heterocycles. The Hall–Kier alpha value is -1.06. The second-order valence-electron chi connectivity index (χ2n) is 8.90. The summed E-state index contributed by atoms with van der Waals surface area (Å²) in [7, 11) is 0. The van der Waals surface area contributed by atoms with Crippen molar-refractivity contribution in [3.63, 3.8) is 0 Å². The van der Waals surface area contributed by atoms with E-state index in [1.165, 1.54) is 108 Å². The van der Waals surface area contributed by atoms with E-state index in [0.717, 1.165) is 12.5 Å². The summed E-state index contributed by atoms with van der Waals surface area (Å²) in [6.45, 7) is 12.5. The number of likely N-dealkylation sites (tertiary alicyclic amines) is 2. The van der Waals surface area contributed by atoms with E-state index < -0.39 is 0 Å². The van der Waals surface area contributed by atoms with Crippen molar-refractivity contribution in [3.05, 3.63) is 29.3 Å². The van der Waals surface area contributed by atoms with Gasteiger partial charge in [-0.1, -0.05) is 18.6 Å². The molecule has 0 aliphatic carbocycles. The van der Waals surface area contributed by atoms with Crippen molar-refractivity contribution in [1.82, 2.24) is 9.80 Å². The van der Waals surface area contributed by atoms with Crippen LogP contribution in [0.2, 0.25) is 0 Å². The van der Waals surface area contributed by atoms with Crippen molar-refractivity contribution >= 4 is 5.69 Å². The molecule has 4 rings (SSSR count). The standard InChI is InChI=1S/C23H37N3/c1-20-17-22(19-25-11-3-2-4-12-25)7-8-23(20)26-15-9-21(10-16-26)18-24-13-5-6-14-24/h7-8,17,21H,2-6,9-16,18-19H2,1H3. The van der Waals surface area contributed by atoms with E-state index in [1.807, 2.05) is 0 Å². The number of nitrogens with zero attached hydrogens (tertiary/aromatic N) is 3. The third-order valence-electron chi connectivity index (χ3n) is 6.79. The van der Waals surface area contributed by atoms with Crippen LogP contribution in [-0.4, -0.2) is 55.6 Å². The van der Waals surface area contributed by atoms with Crippen molar-refractivity contribution < 1.29 is 0 Å². The van der Waals surface area contributed by atoms with Crippen molar-refractivity contribution in [3.8, 4) is 0 Å². The van der Waals surface area contributed by atoms with E-state index in [0.29, 0.717) is 0 Å². The molecule has 0 bridgehead atoms. The molecule has 3 saturated heterocycles. The number of aryl methyl sites for hydroxylation is 1. The molecule has 3 heteroatoms. The summed E-state index contributed by atoms with van der Waals surface area (Å²) < 4.78 is 0. The van der Waals surface area contributed by atoms with Gasteiger partial charge < -0.3 is 9.80 Å². The number of benzene rings is 1. The number of anilines is 1. The first kappa shape index (κ1) is 18.3. The smallest absolute Gasteiger partial charge is 0.0396 e. The molecule has 3 fully saturated rings. The van der Waals surface area contributed by atoms with E-state index in [2.05, 4.69) is 39.8 Å². The van der Waals surface area contributed by atoms with Gasteiger partial charge in [0.2, 0.25) is 0 Å². The lowest BCUT2D eigenvalue weighted by molar-refractivity contribution is 0.221. The molecule has 26 heavy (non-hydrogen) atoms. The van der Waals surface area contributed by atoms with Crippen LogP contribution in [0, 0.1) is 12.8 Å². The Bertz CT molecular complexity index is 565.